The molecule has 1 N–H and O–H groups in total. The minimum atomic E-state index is -0.0953. The Morgan fingerprint density at radius 2 is 1.85 bits per heavy atom. The van der Waals surface area contributed by atoms with Crippen LogP contribution >= 0.6 is 0 Å². The molecule has 5 heteroatoms. The van der Waals surface area contributed by atoms with Gasteiger partial charge in [0.25, 0.3) is 5.91 Å². The summed E-state index contributed by atoms with van der Waals surface area (Å²) < 4.78 is 1.92. The molecule has 1 aliphatic carbocycles. The van der Waals surface area contributed by atoms with Crippen molar-refractivity contribution in [3.05, 3.63) is 71.5 Å². The van der Waals surface area contributed by atoms with Gasteiger partial charge in [0.15, 0.2) is 0 Å². The molecular weight excluding hydrogens is 324 g/mol. The lowest BCUT2D eigenvalue weighted by Gasteiger charge is -2.24. The molecule has 2 aromatic carbocycles. The lowest BCUT2D eigenvalue weighted by molar-refractivity contribution is 0.0951. The van der Waals surface area contributed by atoms with E-state index in [1.807, 2.05) is 53.3 Å². The maximum Gasteiger partial charge on any atom is 0.252 e. The van der Waals surface area contributed by atoms with Crippen LogP contribution in [0, 0.1) is 6.92 Å². The van der Waals surface area contributed by atoms with E-state index >= 15 is 0 Å². The molecule has 1 aliphatic rings. The van der Waals surface area contributed by atoms with Crippen LogP contribution in [0.2, 0.25) is 0 Å². The van der Waals surface area contributed by atoms with Crippen molar-refractivity contribution >= 4 is 5.91 Å². The SMILES string of the molecule is Cc1ccccc1-c1ccccc1C(=O)NCc1cn(C2CCC2)nn1. The predicted molar refractivity (Wildman–Crippen MR) is 101 cm³/mol. The van der Waals surface area contributed by atoms with Crippen molar-refractivity contribution in [2.24, 2.45) is 0 Å². The molecule has 5 nitrogen and oxygen atoms in total. The number of nitrogens with one attached hydrogen (secondary N) is 1. The van der Waals surface area contributed by atoms with Gasteiger partial charge in [0.05, 0.1) is 18.8 Å². The van der Waals surface area contributed by atoms with Crippen LogP contribution in [0.3, 0.4) is 0 Å². The van der Waals surface area contributed by atoms with Crippen LogP contribution in [0.15, 0.2) is 54.7 Å². The van der Waals surface area contributed by atoms with Gasteiger partial charge in [-0.05, 0) is 48.9 Å². The third-order valence-corrected chi connectivity index (χ3v) is 5.04. The maximum atomic E-state index is 12.8. The molecule has 0 radical (unpaired) electrons. The summed E-state index contributed by atoms with van der Waals surface area (Å²) in [5.74, 6) is -0.0953. The van der Waals surface area contributed by atoms with Crippen molar-refractivity contribution < 1.29 is 4.79 Å². The highest BCUT2D eigenvalue weighted by Crippen LogP contribution is 2.30. The van der Waals surface area contributed by atoms with Crippen molar-refractivity contribution in [2.45, 2.75) is 38.8 Å². The summed E-state index contributed by atoms with van der Waals surface area (Å²) in [6.45, 7) is 2.44. The number of aryl methyl sites for hydroxylation is 1. The Labute approximate surface area is 153 Å². The number of hydrogen-bond acceptors (Lipinski definition) is 3. The normalized spacial score (nSPS) is 14.0. The van der Waals surface area contributed by atoms with E-state index in [-0.39, 0.29) is 5.91 Å². The van der Waals surface area contributed by atoms with Crippen molar-refractivity contribution in [2.75, 3.05) is 0 Å². The Balaban J connectivity index is 1.50. The fraction of sp³-hybridized carbons (Fsp3) is 0.286. The molecule has 0 unspecified atom stereocenters. The fourth-order valence-corrected chi connectivity index (χ4v) is 3.28. The van der Waals surface area contributed by atoms with Gasteiger partial charge >= 0.3 is 0 Å². The molecular formula is C21H22N4O. The van der Waals surface area contributed by atoms with Crippen LogP contribution in [-0.4, -0.2) is 20.9 Å². The molecule has 1 fully saturated rings. The highest BCUT2D eigenvalue weighted by atomic mass is 16.1. The summed E-state index contributed by atoms with van der Waals surface area (Å²) in [7, 11) is 0. The number of carbonyl (C=O) groups excluding carboxylic acids is 1. The molecule has 1 amide bonds. The molecule has 0 atom stereocenters. The second-order valence-corrected chi connectivity index (χ2v) is 6.82. The van der Waals surface area contributed by atoms with Crippen LogP contribution in [0.1, 0.15) is 46.9 Å². The first kappa shape index (κ1) is 16.5. The Hall–Kier alpha value is -2.95. The predicted octanol–water partition coefficient (Wildman–Crippen LogP) is 3.91. The molecule has 1 heterocycles. The zero-order valence-corrected chi connectivity index (χ0v) is 14.9. The molecule has 0 spiro atoms. The highest BCUT2D eigenvalue weighted by Gasteiger charge is 2.21. The van der Waals surface area contributed by atoms with Crippen molar-refractivity contribution in [1.82, 2.24) is 20.3 Å². The highest BCUT2D eigenvalue weighted by molar-refractivity contribution is 6.01. The first-order valence-corrected chi connectivity index (χ1v) is 9.06. The van der Waals surface area contributed by atoms with E-state index in [9.17, 15) is 4.79 Å². The Kier molecular flexibility index (Phi) is 4.52. The van der Waals surface area contributed by atoms with Gasteiger partial charge in [0, 0.05) is 5.56 Å². The number of benzene rings is 2. The first-order valence-electron chi connectivity index (χ1n) is 9.06. The summed E-state index contributed by atoms with van der Waals surface area (Å²) in [6, 6.07) is 16.3. The van der Waals surface area contributed by atoms with Crippen LogP contribution in [0.4, 0.5) is 0 Å². The summed E-state index contributed by atoms with van der Waals surface area (Å²) in [4.78, 5) is 12.8. The summed E-state index contributed by atoms with van der Waals surface area (Å²) >= 11 is 0. The van der Waals surface area contributed by atoms with E-state index in [2.05, 4.69) is 28.6 Å². The Morgan fingerprint density at radius 1 is 1.12 bits per heavy atom. The second kappa shape index (κ2) is 7.12. The quantitative estimate of drug-likeness (QED) is 0.762. The molecule has 0 aliphatic heterocycles. The van der Waals surface area contributed by atoms with E-state index in [0.29, 0.717) is 18.2 Å². The van der Waals surface area contributed by atoms with Gasteiger partial charge in [0.1, 0.15) is 5.69 Å². The smallest absolute Gasteiger partial charge is 0.252 e. The van der Waals surface area contributed by atoms with Gasteiger partial charge in [-0.25, -0.2) is 4.68 Å². The van der Waals surface area contributed by atoms with E-state index in [1.165, 1.54) is 19.3 Å². The van der Waals surface area contributed by atoms with Crippen LogP contribution in [-0.2, 0) is 6.54 Å². The maximum absolute atomic E-state index is 12.8. The molecule has 0 bridgehead atoms. The molecule has 4 rings (SSSR count). The van der Waals surface area contributed by atoms with Gasteiger partial charge in [-0.15, -0.1) is 5.10 Å². The third-order valence-electron chi connectivity index (χ3n) is 5.04. The molecule has 132 valence electrons. The number of rotatable bonds is 5. The number of aromatic nitrogens is 3. The van der Waals surface area contributed by atoms with Gasteiger partial charge in [-0.1, -0.05) is 47.7 Å². The van der Waals surface area contributed by atoms with Gasteiger partial charge in [0.2, 0.25) is 0 Å². The molecule has 26 heavy (non-hydrogen) atoms. The number of carbonyl (C=O) groups is 1. The van der Waals surface area contributed by atoms with Crippen LogP contribution < -0.4 is 5.32 Å². The van der Waals surface area contributed by atoms with Gasteiger partial charge < -0.3 is 5.32 Å². The van der Waals surface area contributed by atoms with E-state index in [0.717, 1.165) is 22.4 Å². The lowest BCUT2D eigenvalue weighted by atomic mass is 9.93. The molecule has 1 saturated carbocycles. The summed E-state index contributed by atoms with van der Waals surface area (Å²) in [5, 5.41) is 11.3. The van der Waals surface area contributed by atoms with E-state index in [1.54, 1.807) is 0 Å². The average Bonchev–Trinajstić information content (AvgIpc) is 3.07. The first-order chi connectivity index (χ1) is 12.7. The van der Waals surface area contributed by atoms with Gasteiger partial charge in [-0.3, -0.25) is 4.79 Å². The van der Waals surface area contributed by atoms with Gasteiger partial charge in [-0.2, -0.15) is 0 Å². The zero-order chi connectivity index (χ0) is 17.9. The summed E-state index contributed by atoms with van der Waals surface area (Å²) in [6.07, 6.45) is 5.53. The van der Waals surface area contributed by atoms with Crippen molar-refractivity contribution in [3.8, 4) is 11.1 Å². The summed E-state index contributed by atoms with van der Waals surface area (Å²) in [5.41, 5.74) is 4.64. The van der Waals surface area contributed by atoms with Crippen molar-refractivity contribution in [1.29, 1.82) is 0 Å². The van der Waals surface area contributed by atoms with Crippen molar-refractivity contribution in [3.63, 3.8) is 0 Å². The molecule has 0 saturated heterocycles. The number of nitrogens with zero attached hydrogens (tertiary/aromatic N) is 3. The number of hydrogen-bond donors (Lipinski definition) is 1. The largest absolute Gasteiger partial charge is 0.346 e. The van der Waals surface area contributed by atoms with E-state index < -0.39 is 0 Å². The third kappa shape index (κ3) is 3.25. The number of amides is 1. The van der Waals surface area contributed by atoms with Crippen LogP contribution in [0.25, 0.3) is 11.1 Å². The lowest BCUT2D eigenvalue weighted by Crippen LogP contribution is -2.23. The topological polar surface area (TPSA) is 59.8 Å². The standard InChI is InChI=1S/C21H22N4O/c1-15-7-2-3-10-18(15)19-11-4-5-12-20(19)21(26)22-13-16-14-25(24-23-16)17-8-6-9-17/h2-5,7,10-12,14,17H,6,8-9,13H2,1H3,(H,22,26). The van der Waals surface area contributed by atoms with E-state index in [4.69, 9.17) is 0 Å². The second-order valence-electron chi connectivity index (χ2n) is 6.82. The molecule has 3 aromatic rings. The minimum Gasteiger partial charge on any atom is -0.346 e. The Bertz CT molecular complexity index is 927. The monoisotopic (exact) mass is 346 g/mol. The molecule has 1 aromatic heterocycles. The average molecular weight is 346 g/mol. The zero-order valence-electron chi connectivity index (χ0n) is 14.9. The van der Waals surface area contributed by atoms with Crippen LogP contribution in [0.5, 0.6) is 0 Å². The Morgan fingerprint density at radius 3 is 2.58 bits per heavy atom. The fourth-order valence-electron chi connectivity index (χ4n) is 3.28. The minimum absolute atomic E-state index is 0.0953.